The molecular formula is C16H21FN2. The number of hydrogen-bond acceptors (Lipinski definition) is 2. The summed E-state index contributed by atoms with van der Waals surface area (Å²) in [5, 5.41) is 3.65. The third-order valence-corrected chi connectivity index (χ3v) is 5.37. The van der Waals surface area contributed by atoms with Crippen LogP contribution >= 0.6 is 0 Å². The van der Waals surface area contributed by atoms with E-state index in [4.69, 9.17) is 5.73 Å². The second-order valence-corrected chi connectivity index (χ2v) is 7.10. The number of anilines is 2. The lowest BCUT2D eigenvalue weighted by Crippen LogP contribution is -2.54. The predicted octanol–water partition coefficient (Wildman–Crippen LogP) is 3.79. The van der Waals surface area contributed by atoms with Crippen LogP contribution in [-0.4, -0.2) is 5.54 Å². The number of halogens is 1. The van der Waals surface area contributed by atoms with Crippen LogP contribution in [0, 0.1) is 23.6 Å². The smallest absolute Gasteiger partial charge is 0.127 e. The molecule has 0 heterocycles. The number of rotatable bonds is 2. The van der Waals surface area contributed by atoms with Crippen molar-refractivity contribution in [1.29, 1.82) is 0 Å². The first-order valence-corrected chi connectivity index (χ1v) is 7.44. The Morgan fingerprint density at radius 1 is 1.00 bits per heavy atom. The summed E-state index contributed by atoms with van der Waals surface area (Å²) in [7, 11) is 0. The van der Waals surface area contributed by atoms with Crippen molar-refractivity contribution in [3.63, 3.8) is 0 Å². The molecule has 0 aromatic heterocycles. The maximum Gasteiger partial charge on any atom is 0.127 e. The number of hydrogen-bond donors (Lipinski definition) is 2. The zero-order valence-electron chi connectivity index (χ0n) is 11.2. The number of nitrogen functional groups attached to an aromatic ring is 1. The Hall–Kier alpha value is -1.25. The van der Waals surface area contributed by atoms with E-state index < -0.39 is 0 Å². The van der Waals surface area contributed by atoms with Crippen LogP contribution in [0.25, 0.3) is 0 Å². The Kier molecular flexibility index (Phi) is 2.36. The van der Waals surface area contributed by atoms with Crippen molar-refractivity contribution in [2.75, 3.05) is 11.1 Å². The Morgan fingerprint density at radius 3 is 2.11 bits per heavy atom. The molecule has 0 aliphatic heterocycles. The van der Waals surface area contributed by atoms with Gasteiger partial charge in [-0.2, -0.15) is 0 Å². The van der Waals surface area contributed by atoms with Crippen LogP contribution in [-0.2, 0) is 0 Å². The molecule has 102 valence electrons. The van der Waals surface area contributed by atoms with Crippen molar-refractivity contribution in [3.05, 3.63) is 24.0 Å². The lowest BCUT2D eigenvalue weighted by molar-refractivity contribution is 0.0107. The molecule has 4 saturated carbocycles. The minimum absolute atomic E-state index is 0.217. The van der Waals surface area contributed by atoms with E-state index in [1.807, 2.05) is 6.07 Å². The molecule has 4 aliphatic rings. The van der Waals surface area contributed by atoms with Gasteiger partial charge in [0.15, 0.2) is 0 Å². The standard InChI is InChI=1S/C16H21FN2/c17-13-4-14(18)6-15(5-13)19-16-7-10-1-11(8-16)3-12(2-10)9-16/h4-6,10-12,19H,1-3,7-9,18H2. The van der Waals surface area contributed by atoms with Gasteiger partial charge in [-0.1, -0.05) is 0 Å². The topological polar surface area (TPSA) is 38.0 Å². The van der Waals surface area contributed by atoms with Gasteiger partial charge in [0, 0.05) is 16.9 Å². The summed E-state index contributed by atoms with van der Waals surface area (Å²) in [4.78, 5) is 0. The lowest BCUT2D eigenvalue weighted by atomic mass is 9.53. The van der Waals surface area contributed by atoms with Crippen LogP contribution < -0.4 is 11.1 Å². The van der Waals surface area contributed by atoms with Gasteiger partial charge in [0.2, 0.25) is 0 Å². The first-order chi connectivity index (χ1) is 9.10. The molecule has 3 N–H and O–H groups in total. The quantitative estimate of drug-likeness (QED) is 0.794. The first-order valence-electron chi connectivity index (χ1n) is 7.44. The van der Waals surface area contributed by atoms with Crippen LogP contribution in [0.15, 0.2) is 18.2 Å². The van der Waals surface area contributed by atoms with Crippen molar-refractivity contribution in [2.45, 2.75) is 44.1 Å². The average molecular weight is 260 g/mol. The summed E-state index contributed by atoms with van der Waals surface area (Å²) in [6.07, 6.45) is 8.05. The molecule has 0 unspecified atom stereocenters. The van der Waals surface area contributed by atoms with Gasteiger partial charge in [-0.3, -0.25) is 0 Å². The first kappa shape index (κ1) is 11.6. The molecule has 0 amide bonds. The third kappa shape index (κ3) is 1.99. The number of nitrogens with one attached hydrogen (secondary N) is 1. The Bertz CT molecular complexity index is 456. The summed E-state index contributed by atoms with van der Waals surface area (Å²) in [5.41, 5.74) is 7.33. The average Bonchev–Trinajstić information content (AvgIpc) is 2.23. The number of benzene rings is 1. The van der Waals surface area contributed by atoms with Gasteiger partial charge in [-0.05, 0) is 74.5 Å². The fourth-order valence-corrected chi connectivity index (χ4v) is 5.25. The molecule has 2 nitrogen and oxygen atoms in total. The molecule has 4 fully saturated rings. The van der Waals surface area contributed by atoms with Gasteiger partial charge in [0.25, 0.3) is 0 Å². The van der Waals surface area contributed by atoms with Crippen LogP contribution in [0.1, 0.15) is 38.5 Å². The van der Waals surface area contributed by atoms with Crippen molar-refractivity contribution >= 4 is 11.4 Å². The zero-order chi connectivity index (χ0) is 13.0. The fraction of sp³-hybridized carbons (Fsp3) is 0.625. The summed E-state index contributed by atoms with van der Waals surface area (Å²) < 4.78 is 13.5. The third-order valence-electron chi connectivity index (χ3n) is 5.37. The van der Waals surface area contributed by atoms with Gasteiger partial charge >= 0.3 is 0 Å². The van der Waals surface area contributed by atoms with Gasteiger partial charge in [0.1, 0.15) is 5.82 Å². The Balaban J connectivity index is 1.62. The van der Waals surface area contributed by atoms with E-state index in [1.54, 1.807) is 6.07 Å². The molecule has 19 heavy (non-hydrogen) atoms. The highest BCUT2D eigenvalue weighted by Gasteiger charge is 2.50. The van der Waals surface area contributed by atoms with Crippen molar-refractivity contribution in [3.8, 4) is 0 Å². The SMILES string of the molecule is Nc1cc(F)cc(NC23CC4CC(CC(C4)C2)C3)c1. The molecule has 0 atom stereocenters. The second-order valence-electron chi connectivity index (χ2n) is 7.10. The molecule has 0 spiro atoms. The molecule has 0 radical (unpaired) electrons. The van der Waals surface area contributed by atoms with Crippen LogP contribution in [0.3, 0.4) is 0 Å². The maximum absolute atomic E-state index is 13.5. The van der Waals surface area contributed by atoms with E-state index in [2.05, 4.69) is 5.32 Å². The van der Waals surface area contributed by atoms with Crippen molar-refractivity contribution in [2.24, 2.45) is 17.8 Å². The van der Waals surface area contributed by atoms with Gasteiger partial charge < -0.3 is 11.1 Å². The van der Waals surface area contributed by atoms with E-state index in [1.165, 1.54) is 44.6 Å². The van der Waals surface area contributed by atoms with Crippen molar-refractivity contribution in [1.82, 2.24) is 0 Å². The highest BCUT2D eigenvalue weighted by Crippen LogP contribution is 2.56. The van der Waals surface area contributed by atoms with Gasteiger partial charge in [0.05, 0.1) is 0 Å². The molecule has 0 saturated heterocycles. The van der Waals surface area contributed by atoms with Crippen molar-refractivity contribution < 1.29 is 4.39 Å². The van der Waals surface area contributed by atoms with E-state index >= 15 is 0 Å². The molecule has 1 aromatic rings. The van der Waals surface area contributed by atoms with Crippen LogP contribution in [0.2, 0.25) is 0 Å². The highest BCUT2D eigenvalue weighted by molar-refractivity contribution is 5.56. The highest BCUT2D eigenvalue weighted by atomic mass is 19.1. The minimum Gasteiger partial charge on any atom is -0.399 e. The van der Waals surface area contributed by atoms with Gasteiger partial charge in [-0.25, -0.2) is 4.39 Å². The summed E-state index contributed by atoms with van der Waals surface area (Å²) in [6, 6.07) is 4.82. The minimum atomic E-state index is -0.243. The second kappa shape index (κ2) is 3.87. The van der Waals surface area contributed by atoms with Crippen LogP contribution in [0.5, 0.6) is 0 Å². The lowest BCUT2D eigenvalue weighted by Gasteiger charge is -2.57. The number of nitrogens with two attached hydrogens (primary N) is 1. The summed E-state index contributed by atoms with van der Waals surface area (Å²) >= 11 is 0. The molecule has 1 aromatic carbocycles. The maximum atomic E-state index is 13.5. The molecule has 4 aliphatic carbocycles. The Labute approximate surface area is 113 Å². The Morgan fingerprint density at radius 2 is 1.58 bits per heavy atom. The molecular weight excluding hydrogens is 239 g/mol. The summed E-state index contributed by atoms with van der Waals surface area (Å²) in [6.45, 7) is 0. The monoisotopic (exact) mass is 260 g/mol. The predicted molar refractivity (Wildman–Crippen MR) is 75.3 cm³/mol. The molecule has 4 bridgehead atoms. The zero-order valence-corrected chi connectivity index (χ0v) is 11.2. The molecule has 3 heteroatoms. The van der Waals surface area contributed by atoms with Gasteiger partial charge in [-0.15, -0.1) is 0 Å². The summed E-state index contributed by atoms with van der Waals surface area (Å²) in [5.74, 6) is 2.44. The molecule has 5 rings (SSSR count). The van der Waals surface area contributed by atoms with E-state index in [0.29, 0.717) is 5.69 Å². The van der Waals surface area contributed by atoms with E-state index in [9.17, 15) is 4.39 Å². The fourth-order valence-electron chi connectivity index (χ4n) is 5.25. The van der Waals surface area contributed by atoms with E-state index in [-0.39, 0.29) is 11.4 Å². The normalized spacial score (nSPS) is 39.5. The van der Waals surface area contributed by atoms with Crippen LogP contribution in [0.4, 0.5) is 15.8 Å². The van der Waals surface area contributed by atoms with E-state index in [0.717, 1.165) is 23.4 Å². The largest absolute Gasteiger partial charge is 0.399 e.